The van der Waals surface area contributed by atoms with Gasteiger partial charge in [0.15, 0.2) is 0 Å². The lowest BCUT2D eigenvalue weighted by atomic mass is 10.1. The minimum Gasteiger partial charge on any atom is -0.357 e. The van der Waals surface area contributed by atoms with Gasteiger partial charge in [0.25, 0.3) is 5.56 Å². The summed E-state index contributed by atoms with van der Waals surface area (Å²) in [7, 11) is 0. The van der Waals surface area contributed by atoms with Crippen molar-refractivity contribution >= 4 is 11.7 Å². The van der Waals surface area contributed by atoms with Gasteiger partial charge in [0, 0.05) is 36.8 Å². The molecule has 2 aromatic heterocycles. The van der Waals surface area contributed by atoms with Crippen LogP contribution in [0.4, 0.5) is 5.82 Å². The SMILES string of the molecule is Cc1cc(N2CCCCC2)nc(CNC(=O)Cn2cnc(C3CC3)cc2=O)n1. The summed E-state index contributed by atoms with van der Waals surface area (Å²) in [5, 5.41) is 2.81. The molecule has 0 aromatic carbocycles. The number of nitrogens with zero attached hydrogens (tertiary/aromatic N) is 5. The Balaban J connectivity index is 1.36. The number of anilines is 1. The number of aryl methyl sites for hydroxylation is 1. The first-order valence-electron chi connectivity index (χ1n) is 10.0. The lowest BCUT2D eigenvalue weighted by Gasteiger charge is -2.28. The summed E-state index contributed by atoms with van der Waals surface area (Å²) in [4.78, 5) is 40.1. The molecule has 0 spiro atoms. The topological polar surface area (TPSA) is 93.0 Å². The highest BCUT2D eigenvalue weighted by molar-refractivity contribution is 5.75. The van der Waals surface area contributed by atoms with E-state index in [2.05, 4.69) is 25.2 Å². The molecule has 0 radical (unpaired) electrons. The van der Waals surface area contributed by atoms with E-state index in [9.17, 15) is 9.59 Å². The van der Waals surface area contributed by atoms with Crippen LogP contribution in [-0.4, -0.2) is 38.5 Å². The second-order valence-electron chi connectivity index (χ2n) is 7.66. The Morgan fingerprint density at radius 1 is 1.18 bits per heavy atom. The van der Waals surface area contributed by atoms with Crippen LogP contribution in [0.1, 0.15) is 55.2 Å². The van der Waals surface area contributed by atoms with E-state index < -0.39 is 0 Å². The maximum absolute atomic E-state index is 12.3. The molecule has 1 aliphatic carbocycles. The average Bonchev–Trinajstić information content (AvgIpc) is 3.54. The fraction of sp³-hybridized carbons (Fsp3) is 0.550. The van der Waals surface area contributed by atoms with Crippen molar-refractivity contribution in [3.05, 3.63) is 46.0 Å². The van der Waals surface area contributed by atoms with Crippen molar-refractivity contribution in [2.75, 3.05) is 18.0 Å². The molecular formula is C20H26N6O2. The van der Waals surface area contributed by atoms with Gasteiger partial charge >= 0.3 is 0 Å². The number of nitrogens with one attached hydrogen (secondary N) is 1. The molecule has 2 aliphatic rings. The molecule has 1 N–H and O–H groups in total. The highest BCUT2D eigenvalue weighted by atomic mass is 16.2. The van der Waals surface area contributed by atoms with Crippen LogP contribution in [0.25, 0.3) is 0 Å². The van der Waals surface area contributed by atoms with Crippen LogP contribution in [0.15, 0.2) is 23.3 Å². The first-order chi connectivity index (χ1) is 13.6. The van der Waals surface area contributed by atoms with E-state index in [-0.39, 0.29) is 24.6 Å². The van der Waals surface area contributed by atoms with Crippen LogP contribution in [0, 0.1) is 6.92 Å². The number of hydrogen-bond donors (Lipinski definition) is 1. The van der Waals surface area contributed by atoms with Crippen molar-refractivity contribution in [2.45, 2.75) is 58.0 Å². The van der Waals surface area contributed by atoms with Crippen LogP contribution in [-0.2, 0) is 17.9 Å². The van der Waals surface area contributed by atoms with Crippen LogP contribution < -0.4 is 15.8 Å². The number of rotatable bonds is 6. The van der Waals surface area contributed by atoms with Gasteiger partial charge in [0.1, 0.15) is 18.2 Å². The predicted molar refractivity (Wildman–Crippen MR) is 105 cm³/mol. The van der Waals surface area contributed by atoms with Gasteiger partial charge in [0.05, 0.1) is 18.6 Å². The minimum atomic E-state index is -0.257. The summed E-state index contributed by atoms with van der Waals surface area (Å²) >= 11 is 0. The van der Waals surface area contributed by atoms with E-state index in [1.54, 1.807) is 6.07 Å². The van der Waals surface area contributed by atoms with E-state index in [0.29, 0.717) is 11.7 Å². The summed E-state index contributed by atoms with van der Waals surface area (Å²) < 4.78 is 1.33. The van der Waals surface area contributed by atoms with E-state index in [0.717, 1.165) is 43.1 Å². The highest BCUT2D eigenvalue weighted by Gasteiger charge is 2.25. The van der Waals surface area contributed by atoms with Crippen molar-refractivity contribution in [1.82, 2.24) is 24.8 Å². The number of aromatic nitrogens is 4. The Labute approximate surface area is 164 Å². The van der Waals surface area contributed by atoms with Crippen LogP contribution in [0.3, 0.4) is 0 Å². The molecule has 2 fully saturated rings. The lowest BCUT2D eigenvalue weighted by Crippen LogP contribution is -2.33. The first-order valence-corrected chi connectivity index (χ1v) is 10.0. The number of carbonyl (C=O) groups is 1. The zero-order chi connectivity index (χ0) is 19.5. The van der Waals surface area contributed by atoms with Gasteiger partial charge in [0.2, 0.25) is 5.91 Å². The van der Waals surface area contributed by atoms with Gasteiger partial charge in [-0.1, -0.05) is 0 Å². The van der Waals surface area contributed by atoms with E-state index in [1.807, 2.05) is 13.0 Å². The van der Waals surface area contributed by atoms with Crippen LogP contribution >= 0.6 is 0 Å². The van der Waals surface area contributed by atoms with Crippen molar-refractivity contribution in [2.24, 2.45) is 0 Å². The van der Waals surface area contributed by atoms with E-state index >= 15 is 0 Å². The summed E-state index contributed by atoms with van der Waals surface area (Å²) in [5.41, 5.74) is 1.53. The first kappa shape index (κ1) is 18.6. The van der Waals surface area contributed by atoms with Gasteiger partial charge in [-0.25, -0.2) is 15.0 Å². The normalized spacial score (nSPS) is 16.8. The molecule has 4 rings (SSSR count). The molecule has 8 nitrogen and oxygen atoms in total. The Morgan fingerprint density at radius 3 is 2.68 bits per heavy atom. The van der Waals surface area contributed by atoms with Gasteiger partial charge < -0.3 is 10.2 Å². The molecule has 1 saturated carbocycles. The maximum Gasteiger partial charge on any atom is 0.254 e. The average molecular weight is 382 g/mol. The van der Waals surface area contributed by atoms with Crippen LogP contribution in [0.2, 0.25) is 0 Å². The molecule has 0 unspecified atom stereocenters. The molecule has 8 heteroatoms. The number of amides is 1. The predicted octanol–water partition coefficient (Wildman–Crippen LogP) is 1.53. The Bertz CT molecular complexity index is 915. The van der Waals surface area contributed by atoms with Crippen molar-refractivity contribution in [3.8, 4) is 0 Å². The number of piperidine rings is 1. The van der Waals surface area contributed by atoms with E-state index in [4.69, 9.17) is 0 Å². The number of hydrogen-bond acceptors (Lipinski definition) is 6. The second-order valence-corrected chi connectivity index (χ2v) is 7.66. The zero-order valence-electron chi connectivity index (χ0n) is 16.2. The third-order valence-electron chi connectivity index (χ3n) is 5.22. The van der Waals surface area contributed by atoms with E-state index in [1.165, 1.54) is 30.2 Å². The Morgan fingerprint density at radius 2 is 1.96 bits per heavy atom. The highest BCUT2D eigenvalue weighted by Crippen LogP contribution is 2.38. The quantitative estimate of drug-likeness (QED) is 0.814. The largest absolute Gasteiger partial charge is 0.357 e. The second kappa shape index (κ2) is 8.08. The summed E-state index contributed by atoms with van der Waals surface area (Å²) in [6.07, 6.45) is 7.26. The monoisotopic (exact) mass is 382 g/mol. The van der Waals surface area contributed by atoms with Gasteiger partial charge in [-0.05, 0) is 39.0 Å². The van der Waals surface area contributed by atoms with Crippen molar-refractivity contribution in [3.63, 3.8) is 0 Å². The third kappa shape index (κ3) is 4.55. The van der Waals surface area contributed by atoms with Gasteiger partial charge in [-0.15, -0.1) is 0 Å². The molecule has 1 aliphatic heterocycles. The summed E-state index contributed by atoms with van der Waals surface area (Å²) in [5.74, 6) is 1.67. The molecule has 1 amide bonds. The van der Waals surface area contributed by atoms with Gasteiger partial charge in [-0.2, -0.15) is 0 Å². The molecule has 0 atom stereocenters. The molecule has 0 bridgehead atoms. The molecular weight excluding hydrogens is 356 g/mol. The zero-order valence-corrected chi connectivity index (χ0v) is 16.2. The smallest absolute Gasteiger partial charge is 0.254 e. The molecule has 2 aromatic rings. The Hall–Kier alpha value is -2.77. The summed E-state index contributed by atoms with van der Waals surface area (Å²) in [6.45, 7) is 4.14. The molecule has 3 heterocycles. The number of carbonyl (C=O) groups excluding carboxylic acids is 1. The minimum absolute atomic E-state index is 0.0540. The summed E-state index contributed by atoms with van der Waals surface area (Å²) in [6, 6.07) is 3.53. The third-order valence-corrected chi connectivity index (χ3v) is 5.22. The Kier molecular flexibility index (Phi) is 5.36. The lowest BCUT2D eigenvalue weighted by molar-refractivity contribution is -0.121. The van der Waals surface area contributed by atoms with Crippen LogP contribution in [0.5, 0.6) is 0 Å². The molecule has 148 valence electrons. The van der Waals surface area contributed by atoms with Crippen molar-refractivity contribution in [1.29, 1.82) is 0 Å². The fourth-order valence-electron chi connectivity index (χ4n) is 3.53. The standard InChI is InChI=1S/C20H26N6O2/c1-14-9-18(25-7-3-2-4-8-25)24-17(23-14)11-21-19(27)12-26-13-22-16(10-20(26)28)15-5-6-15/h9-10,13,15H,2-8,11-12H2,1H3,(H,21,27). The molecule has 28 heavy (non-hydrogen) atoms. The molecule has 1 saturated heterocycles. The van der Waals surface area contributed by atoms with Crippen molar-refractivity contribution < 1.29 is 4.79 Å². The maximum atomic E-state index is 12.3. The van der Waals surface area contributed by atoms with Gasteiger partial charge in [-0.3, -0.25) is 14.2 Å². The fourth-order valence-corrected chi connectivity index (χ4v) is 3.53.